The minimum Gasteiger partial charge on any atom is -0.317 e. The molecule has 136 valence electrons. The Balaban J connectivity index is 1.54. The van der Waals surface area contributed by atoms with E-state index in [0.29, 0.717) is 12.6 Å². The number of fused-ring (bicyclic) bond motifs is 2. The molecule has 2 fully saturated rings. The average molecular weight is 345 g/mol. The molecule has 1 unspecified atom stereocenters. The molecular formula is C20H28FN3O. The molecular weight excluding hydrogens is 317 g/mol. The third-order valence-corrected chi connectivity index (χ3v) is 6.48. The Morgan fingerprint density at radius 1 is 1.24 bits per heavy atom. The van der Waals surface area contributed by atoms with Crippen LogP contribution in [0.5, 0.6) is 0 Å². The maximum absolute atomic E-state index is 13.9. The summed E-state index contributed by atoms with van der Waals surface area (Å²) < 4.78 is 13.9. The van der Waals surface area contributed by atoms with Crippen molar-refractivity contribution in [2.24, 2.45) is 0 Å². The zero-order valence-electron chi connectivity index (χ0n) is 15.1. The van der Waals surface area contributed by atoms with Crippen molar-refractivity contribution in [3.8, 4) is 0 Å². The number of carbonyl (C=O) groups excluding carboxylic acids is 1. The molecule has 3 heterocycles. The SMILES string of the molecule is CC(=O)N1CC2(CCN(C3CCCNCC3)CC2)c2cc(F)ccc21. The van der Waals surface area contributed by atoms with Gasteiger partial charge < -0.3 is 15.1 Å². The molecule has 25 heavy (non-hydrogen) atoms. The van der Waals surface area contributed by atoms with Crippen molar-refractivity contribution in [2.45, 2.75) is 50.5 Å². The predicted molar refractivity (Wildman–Crippen MR) is 97.4 cm³/mol. The van der Waals surface area contributed by atoms with Crippen molar-refractivity contribution in [2.75, 3.05) is 37.6 Å². The van der Waals surface area contributed by atoms with E-state index in [4.69, 9.17) is 0 Å². The van der Waals surface area contributed by atoms with Crippen LogP contribution in [0.4, 0.5) is 10.1 Å². The van der Waals surface area contributed by atoms with Crippen molar-refractivity contribution in [1.29, 1.82) is 0 Å². The number of likely N-dealkylation sites (tertiary alicyclic amines) is 1. The van der Waals surface area contributed by atoms with E-state index in [-0.39, 0.29) is 17.1 Å². The summed E-state index contributed by atoms with van der Waals surface area (Å²) in [5, 5.41) is 3.49. The maximum atomic E-state index is 13.9. The minimum absolute atomic E-state index is 0.0574. The van der Waals surface area contributed by atoms with Crippen molar-refractivity contribution in [1.82, 2.24) is 10.2 Å². The average Bonchev–Trinajstić information content (AvgIpc) is 2.78. The number of carbonyl (C=O) groups is 1. The summed E-state index contributed by atoms with van der Waals surface area (Å²) in [7, 11) is 0. The Kier molecular flexibility index (Phi) is 4.54. The van der Waals surface area contributed by atoms with E-state index in [1.165, 1.54) is 25.3 Å². The van der Waals surface area contributed by atoms with Crippen molar-refractivity contribution in [3.05, 3.63) is 29.6 Å². The number of halogens is 1. The lowest BCUT2D eigenvalue weighted by atomic mass is 9.74. The molecule has 0 aromatic heterocycles. The quantitative estimate of drug-likeness (QED) is 0.850. The smallest absolute Gasteiger partial charge is 0.223 e. The lowest BCUT2D eigenvalue weighted by Gasteiger charge is -2.43. The molecule has 3 aliphatic rings. The Hall–Kier alpha value is -1.46. The zero-order chi connectivity index (χ0) is 17.4. The number of nitrogens with zero attached hydrogens (tertiary/aromatic N) is 2. The van der Waals surface area contributed by atoms with Crippen LogP contribution >= 0.6 is 0 Å². The third-order valence-electron chi connectivity index (χ3n) is 6.48. The molecule has 0 saturated carbocycles. The second kappa shape index (κ2) is 6.69. The van der Waals surface area contributed by atoms with Crippen molar-refractivity contribution < 1.29 is 9.18 Å². The number of hydrogen-bond acceptors (Lipinski definition) is 3. The van der Waals surface area contributed by atoms with Gasteiger partial charge in [0.1, 0.15) is 5.82 Å². The number of amides is 1. The lowest BCUT2D eigenvalue weighted by Crippen LogP contribution is -2.49. The molecule has 1 aromatic rings. The van der Waals surface area contributed by atoms with Gasteiger partial charge in [0, 0.05) is 30.6 Å². The summed E-state index contributed by atoms with van der Waals surface area (Å²) in [6.07, 6.45) is 5.76. The number of benzene rings is 1. The first-order valence-electron chi connectivity index (χ1n) is 9.62. The Labute approximate surface area is 149 Å². The largest absolute Gasteiger partial charge is 0.317 e. The molecule has 1 N–H and O–H groups in total. The van der Waals surface area contributed by atoms with Crippen LogP contribution in [0.2, 0.25) is 0 Å². The first-order valence-corrected chi connectivity index (χ1v) is 9.62. The topological polar surface area (TPSA) is 35.6 Å². The van der Waals surface area contributed by atoms with E-state index < -0.39 is 0 Å². The molecule has 0 radical (unpaired) electrons. The molecule has 1 amide bonds. The Morgan fingerprint density at radius 3 is 2.80 bits per heavy atom. The summed E-state index contributed by atoms with van der Waals surface area (Å²) in [6, 6.07) is 5.60. The number of nitrogens with one attached hydrogen (secondary N) is 1. The van der Waals surface area contributed by atoms with Crippen molar-refractivity contribution >= 4 is 11.6 Å². The monoisotopic (exact) mass is 345 g/mol. The van der Waals surface area contributed by atoms with Gasteiger partial charge >= 0.3 is 0 Å². The number of rotatable bonds is 1. The predicted octanol–water partition coefficient (Wildman–Crippen LogP) is 2.67. The standard InChI is InChI=1S/C20H28FN3O/c1-15(25)24-14-20(18-13-16(21)4-5-19(18)24)7-11-23(12-8-20)17-3-2-9-22-10-6-17/h4-5,13,17,22H,2-3,6-12,14H2,1H3. The van der Waals surface area contributed by atoms with Crippen LogP contribution in [0.15, 0.2) is 18.2 Å². The highest BCUT2D eigenvalue weighted by Crippen LogP contribution is 2.47. The van der Waals surface area contributed by atoms with Crippen LogP contribution in [0.1, 0.15) is 44.6 Å². The van der Waals surface area contributed by atoms with Crippen LogP contribution < -0.4 is 10.2 Å². The first kappa shape index (κ1) is 17.0. The molecule has 2 saturated heterocycles. The fourth-order valence-corrected chi connectivity index (χ4v) is 5.03. The van der Waals surface area contributed by atoms with Crippen LogP contribution in [0.25, 0.3) is 0 Å². The van der Waals surface area contributed by atoms with E-state index in [2.05, 4.69) is 10.2 Å². The first-order chi connectivity index (χ1) is 12.1. The van der Waals surface area contributed by atoms with Gasteiger partial charge in [-0.25, -0.2) is 4.39 Å². The van der Waals surface area contributed by atoms with Gasteiger partial charge in [0.2, 0.25) is 5.91 Å². The van der Waals surface area contributed by atoms with E-state index in [9.17, 15) is 9.18 Å². The summed E-state index contributed by atoms with van der Waals surface area (Å²) in [5.74, 6) is -0.136. The van der Waals surface area contributed by atoms with E-state index in [1.54, 1.807) is 19.1 Å². The van der Waals surface area contributed by atoms with Gasteiger partial charge in [0.05, 0.1) is 0 Å². The van der Waals surface area contributed by atoms with Gasteiger partial charge in [0.15, 0.2) is 0 Å². The molecule has 1 atom stereocenters. The van der Waals surface area contributed by atoms with Crippen LogP contribution in [0, 0.1) is 5.82 Å². The molecule has 4 rings (SSSR count). The third kappa shape index (κ3) is 3.08. The molecule has 0 aliphatic carbocycles. The molecule has 1 aromatic carbocycles. The Morgan fingerprint density at radius 2 is 2.04 bits per heavy atom. The lowest BCUT2D eigenvalue weighted by molar-refractivity contribution is -0.116. The fraction of sp³-hybridized carbons (Fsp3) is 0.650. The van der Waals surface area contributed by atoms with Gasteiger partial charge in [-0.1, -0.05) is 0 Å². The van der Waals surface area contributed by atoms with Gasteiger partial charge in [-0.15, -0.1) is 0 Å². The number of hydrogen-bond donors (Lipinski definition) is 1. The van der Waals surface area contributed by atoms with E-state index in [1.807, 2.05) is 4.90 Å². The highest BCUT2D eigenvalue weighted by atomic mass is 19.1. The normalized spacial score (nSPS) is 26.5. The molecule has 1 spiro atoms. The van der Waals surface area contributed by atoms with Crippen molar-refractivity contribution in [3.63, 3.8) is 0 Å². The van der Waals surface area contributed by atoms with E-state index >= 15 is 0 Å². The fourth-order valence-electron chi connectivity index (χ4n) is 5.03. The van der Waals surface area contributed by atoms with Gasteiger partial charge in [-0.2, -0.15) is 0 Å². The summed E-state index contributed by atoms with van der Waals surface area (Å²) >= 11 is 0. The molecule has 3 aliphatic heterocycles. The van der Waals surface area contributed by atoms with Gasteiger partial charge in [-0.3, -0.25) is 4.79 Å². The molecule has 4 nitrogen and oxygen atoms in total. The van der Waals surface area contributed by atoms with Crippen LogP contribution in [-0.2, 0) is 10.2 Å². The summed E-state index contributed by atoms with van der Waals surface area (Å²) in [4.78, 5) is 16.6. The second-order valence-electron chi connectivity index (χ2n) is 7.92. The van der Waals surface area contributed by atoms with E-state index in [0.717, 1.165) is 50.3 Å². The zero-order valence-corrected chi connectivity index (χ0v) is 15.1. The highest BCUT2D eigenvalue weighted by Gasteiger charge is 2.46. The van der Waals surface area contributed by atoms with Gasteiger partial charge in [-0.05, 0) is 82.0 Å². The minimum atomic E-state index is -0.194. The van der Waals surface area contributed by atoms with Gasteiger partial charge in [0.25, 0.3) is 0 Å². The highest BCUT2D eigenvalue weighted by molar-refractivity contribution is 5.94. The molecule has 5 heteroatoms. The molecule has 0 bridgehead atoms. The van der Waals surface area contributed by atoms with Crippen LogP contribution in [-0.4, -0.2) is 49.6 Å². The summed E-state index contributed by atoms with van der Waals surface area (Å²) in [6.45, 7) is 6.66. The van der Waals surface area contributed by atoms with Crippen LogP contribution in [0.3, 0.4) is 0 Å². The number of anilines is 1. The summed E-state index contributed by atoms with van der Waals surface area (Å²) in [5.41, 5.74) is 1.90. The number of piperidine rings is 1. The Bertz CT molecular complexity index is 646. The maximum Gasteiger partial charge on any atom is 0.223 e. The second-order valence-corrected chi connectivity index (χ2v) is 7.92.